The number of amides is 1. The molecule has 3 rings (SSSR count). The molecule has 0 unspecified atom stereocenters. The molecule has 38 heavy (non-hydrogen) atoms. The molecule has 3 aromatic carbocycles. The zero-order valence-corrected chi connectivity index (χ0v) is 23.3. The van der Waals surface area contributed by atoms with Crippen molar-refractivity contribution in [2.75, 3.05) is 19.0 Å². The fraction of sp³-hybridized carbons (Fsp3) is 0.231. The number of rotatable bonds is 8. The first-order valence-corrected chi connectivity index (χ1v) is 11.9. The van der Waals surface area contributed by atoms with Crippen molar-refractivity contribution < 1.29 is 70.7 Å². The standard InChI is InChI=1S/C26H23Cl3FNO6.Ar/c1-25(2,23(32)34-3)16-4-8-19(9-5-16)36-21-12-18(31-24(33)35-15-26(27,28)29)13-22(14-21)37-20-10-6-17(30)7-11-20;/h4-14H,15H2,1-3H3,(H,31,33);. The molecule has 0 aliphatic carbocycles. The average molecular weight is 611 g/mol. The van der Waals surface area contributed by atoms with E-state index < -0.39 is 27.7 Å². The van der Waals surface area contributed by atoms with Crippen LogP contribution in [0.4, 0.5) is 14.9 Å². The van der Waals surface area contributed by atoms with Crippen molar-refractivity contribution in [3.05, 3.63) is 78.1 Å². The van der Waals surface area contributed by atoms with Gasteiger partial charge in [-0.15, -0.1) is 0 Å². The number of ether oxygens (including phenoxy) is 4. The van der Waals surface area contributed by atoms with Crippen LogP contribution in [0.15, 0.2) is 66.7 Å². The molecule has 0 saturated carbocycles. The summed E-state index contributed by atoms with van der Waals surface area (Å²) in [5, 5.41) is 2.52. The van der Waals surface area contributed by atoms with Gasteiger partial charge in [0.15, 0.2) is 0 Å². The maximum absolute atomic E-state index is 13.3. The van der Waals surface area contributed by atoms with Crippen LogP contribution in [-0.2, 0) is 19.7 Å². The molecule has 0 atom stereocenters. The summed E-state index contributed by atoms with van der Waals surface area (Å²) in [4.78, 5) is 24.3. The summed E-state index contributed by atoms with van der Waals surface area (Å²) in [5.74, 6) is 0.609. The minimum atomic E-state index is -1.77. The van der Waals surface area contributed by atoms with E-state index in [0.29, 0.717) is 17.2 Å². The van der Waals surface area contributed by atoms with Crippen molar-refractivity contribution >= 4 is 52.6 Å². The number of halogens is 4. The van der Waals surface area contributed by atoms with E-state index in [1.54, 1.807) is 44.2 Å². The van der Waals surface area contributed by atoms with Crippen molar-refractivity contribution in [3.63, 3.8) is 0 Å². The molecule has 0 aromatic heterocycles. The molecule has 0 fully saturated rings. The fourth-order valence-electron chi connectivity index (χ4n) is 3.15. The van der Waals surface area contributed by atoms with E-state index >= 15 is 0 Å². The third-order valence-corrected chi connectivity index (χ3v) is 5.38. The second-order valence-corrected chi connectivity index (χ2v) is 10.8. The Balaban J connectivity index is 0.00000507. The molecule has 0 spiro atoms. The predicted molar refractivity (Wildman–Crippen MR) is 140 cm³/mol. The smallest absolute Gasteiger partial charge is 0.411 e. The maximum Gasteiger partial charge on any atom is 0.411 e. The molecule has 3 aromatic rings. The number of methoxy groups -OCH3 is 1. The van der Waals surface area contributed by atoms with E-state index in [2.05, 4.69) is 5.32 Å². The number of anilines is 1. The number of alkyl halides is 3. The molecular formula is C26H23ArCl3FNO6. The van der Waals surface area contributed by atoms with Gasteiger partial charge in [0.2, 0.25) is 3.79 Å². The van der Waals surface area contributed by atoms with E-state index in [9.17, 15) is 14.0 Å². The number of hydrogen-bond acceptors (Lipinski definition) is 6. The Morgan fingerprint density at radius 3 is 1.82 bits per heavy atom. The zero-order chi connectivity index (χ0) is 27.2. The normalized spacial score (nSPS) is 11.1. The summed E-state index contributed by atoms with van der Waals surface area (Å²) in [6.45, 7) is 3.04. The summed E-state index contributed by atoms with van der Waals surface area (Å²) < 4.78 is 33.0. The number of hydrogen-bond donors (Lipinski definition) is 1. The number of benzene rings is 3. The Labute approximate surface area is 264 Å². The van der Waals surface area contributed by atoms with Gasteiger partial charge in [0.1, 0.15) is 35.4 Å². The van der Waals surface area contributed by atoms with Crippen molar-refractivity contribution in [3.8, 4) is 23.0 Å². The molecule has 1 amide bonds. The predicted octanol–water partition coefficient (Wildman–Crippen LogP) is 7.78. The first-order chi connectivity index (χ1) is 17.4. The van der Waals surface area contributed by atoms with Gasteiger partial charge in [-0.05, 0) is 55.8 Å². The summed E-state index contributed by atoms with van der Waals surface area (Å²) >= 11 is 16.9. The van der Waals surface area contributed by atoms with Crippen LogP contribution in [0.1, 0.15) is 19.4 Å². The molecule has 7 nitrogen and oxygen atoms in total. The van der Waals surface area contributed by atoms with Crippen molar-refractivity contribution in [2.24, 2.45) is 0 Å². The largest absolute Gasteiger partial charge is 0.468 e. The summed E-state index contributed by atoms with van der Waals surface area (Å²) in [5.41, 5.74) is 0.145. The first-order valence-electron chi connectivity index (χ1n) is 10.8. The van der Waals surface area contributed by atoms with Crippen LogP contribution in [-0.4, -0.2) is 29.6 Å². The fourth-order valence-corrected chi connectivity index (χ4v) is 3.31. The van der Waals surface area contributed by atoms with Gasteiger partial charge in [0, 0.05) is 55.9 Å². The quantitative estimate of drug-likeness (QED) is 0.207. The number of carbonyl (C=O) groups is 2. The zero-order valence-electron chi connectivity index (χ0n) is 20.4. The molecule has 12 heteroatoms. The van der Waals surface area contributed by atoms with Gasteiger partial charge in [-0.1, -0.05) is 46.9 Å². The molecule has 0 bridgehead atoms. The van der Waals surface area contributed by atoms with Gasteiger partial charge < -0.3 is 18.9 Å². The first kappa shape index (κ1) is 32.3. The van der Waals surface area contributed by atoms with Gasteiger partial charge in [0.05, 0.1) is 18.2 Å². The topological polar surface area (TPSA) is 83.1 Å². The van der Waals surface area contributed by atoms with Crippen LogP contribution in [0.5, 0.6) is 23.0 Å². The van der Waals surface area contributed by atoms with Crippen LogP contribution < -0.4 is 14.8 Å². The summed E-state index contributed by atoms with van der Waals surface area (Å²) in [7, 11) is 1.33. The number of carbonyl (C=O) groups excluding carboxylic acids is 2. The minimum Gasteiger partial charge on any atom is -0.468 e. The molecule has 204 valence electrons. The Morgan fingerprint density at radius 1 is 0.842 bits per heavy atom. The number of nitrogens with one attached hydrogen (secondary N) is 1. The van der Waals surface area contributed by atoms with E-state index in [0.717, 1.165) is 5.56 Å². The third-order valence-electron chi connectivity index (χ3n) is 5.05. The second kappa shape index (κ2) is 13.9. The number of esters is 1. The van der Waals surface area contributed by atoms with Crippen LogP contribution in [0, 0.1) is 43.6 Å². The van der Waals surface area contributed by atoms with Gasteiger partial charge >= 0.3 is 12.1 Å². The van der Waals surface area contributed by atoms with Crippen LogP contribution >= 0.6 is 34.8 Å². The molecular weight excluding hydrogens is 588 g/mol. The Bertz CT molecular complexity index is 1250. The van der Waals surface area contributed by atoms with Crippen molar-refractivity contribution in [2.45, 2.75) is 23.1 Å². The summed E-state index contributed by atoms with van der Waals surface area (Å²) in [6.07, 6.45) is -0.870. The Hall–Kier alpha value is -1.94. The van der Waals surface area contributed by atoms with Crippen molar-refractivity contribution in [1.29, 1.82) is 0 Å². The Morgan fingerprint density at radius 2 is 1.34 bits per heavy atom. The average Bonchev–Trinajstić information content (AvgIpc) is 2.83. The molecule has 0 aliphatic heterocycles. The van der Waals surface area contributed by atoms with E-state index in [4.69, 9.17) is 53.8 Å². The summed E-state index contributed by atoms with van der Waals surface area (Å²) in [6, 6.07) is 16.9. The third kappa shape index (κ3) is 9.67. The second-order valence-electron chi connectivity index (χ2n) is 8.31. The van der Waals surface area contributed by atoms with Gasteiger partial charge in [-0.25, -0.2) is 9.18 Å². The van der Waals surface area contributed by atoms with Crippen molar-refractivity contribution in [1.82, 2.24) is 0 Å². The van der Waals surface area contributed by atoms with Gasteiger partial charge in [0.25, 0.3) is 0 Å². The molecule has 0 radical (unpaired) electrons. The Kier molecular flexibility index (Phi) is 11.8. The van der Waals surface area contributed by atoms with E-state index in [-0.39, 0.29) is 55.1 Å². The van der Waals surface area contributed by atoms with E-state index in [1.165, 1.54) is 43.5 Å². The molecule has 0 saturated heterocycles. The van der Waals surface area contributed by atoms with Gasteiger partial charge in [-0.3, -0.25) is 10.1 Å². The SMILES string of the molecule is COC(=O)C(C)(C)c1ccc(Oc2cc(NC(=O)OCC(Cl)(Cl)Cl)cc(Oc3ccc(F)cc3)c2)cc1.[Ar]. The molecule has 0 heterocycles. The minimum absolute atomic E-state index is 0. The molecule has 0 aliphatic rings. The van der Waals surface area contributed by atoms with Crippen LogP contribution in [0.3, 0.4) is 0 Å². The monoisotopic (exact) mass is 609 g/mol. The van der Waals surface area contributed by atoms with Crippen LogP contribution in [0.2, 0.25) is 0 Å². The molecule has 1 N–H and O–H groups in total. The maximum atomic E-state index is 13.3. The van der Waals surface area contributed by atoms with Crippen LogP contribution in [0.25, 0.3) is 0 Å². The van der Waals surface area contributed by atoms with E-state index in [1.807, 2.05) is 0 Å². The van der Waals surface area contributed by atoms with Gasteiger partial charge in [-0.2, -0.15) is 0 Å².